The molecule has 0 atom stereocenters. The molecule has 0 bridgehead atoms. The number of Topliss-reactive ketones (excluding diaryl/α,β-unsaturated/α-hetero) is 1. The van der Waals surface area contributed by atoms with E-state index in [1.807, 2.05) is 73.0 Å². The summed E-state index contributed by atoms with van der Waals surface area (Å²) in [5, 5.41) is 2.62. The Labute approximate surface area is 163 Å². The van der Waals surface area contributed by atoms with Gasteiger partial charge in [-0.15, -0.1) is 0 Å². The second kappa shape index (κ2) is 8.88. The number of hydrogen-bond donors (Lipinski definition) is 0. The van der Waals surface area contributed by atoms with Gasteiger partial charge in [0.2, 0.25) is 0 Å². The van der Waals surface area contributed by atoms with Crippen LogP contribution in [0.1, 0.15) is 23.7 Å². The molecule has 0 heterocycles. The van der Waals surface area contributed by atoms with Gasteiger partial charge in [-0.05, 0) is 47.7 Å². The molecule has 0 aliphatic heterocycles. The van der Waals surface area contributed by atoms with Crippen molar-refractivity contribution in [2.45, 2.75) is 18.2 Å². The van der Waals surface area contributed by atoms with E-state index in [1.54, 1.807) is 17.8 Å². The first kappa shape index (κ1) is 18.5. The van der Waals surface area contributed by atoms with Crippen molar-refractivity contribution >= 4 is 29.1 Å². The standard InChI is InChI=1S/C23H19ClOS/c1-17(16-26-20-10-6-3-7-11-20)14-23(25)22-15-19(24)12-13-21(22)18-8-4-2-5-9-18/h2-13,15-16H,14H2,1H3. The van der Waals surface area contributed by atoms with E-state index < -0.39 is 0 Å². The molecule has 0 saturated carbocycles. The van der Waals surface area contributed by atoms with Crippen LogP contribution in [0.25, 0.3) is 11.1 Å². The quantitative estimate of drug-likeness (QED) is 0.331. The van der Waals surface area contributed by atoms with E-state index in [1.165, 1.54) is 0 Å². The summed E-state index contributed by atoms with van der Waals surface area (Å²) in [5.41, 5.74) is 3.64. The van der Waals surface area contributed by atoms with Crippen molar-refractivity contribution in [2.24, 2.45) is 0 Å². The first-order valence-corrected chi connectivity index (χ1v) is 9.65. The molecule has 0 fully saturated rings. The van der Waals surface area contributed by atoms with Crippen molar-refractivity contribution in [3.63, 3.8) is 0 Å². The van der Waals surface area contributed by atoms with Gasteiger partial charge < -0.3 is 0 Å². The van der Waals surface area contributed by atoms with Gasteiger partial charge in [0.05, 0.1) is 0 Å². The Balaban J connectivity index is 1.80. The Morgan fingerprint density at radius 3 is 2.31 bits per heavy atom. The number of carbonyl (C=O) groups excluding carboxylic acids is 1. The molecule has 0 aliphatic rings. The monoisotopic (exact) mass is 378 g/mol. The minimum absolute atomic E-state index is 0.0776. The first-order chi connectivity index (χ1) is 12.6. The van der Waals surface area contributed by atoms with Gasteiger partial charge in [0.25, 0.3) is 0 Å². The molecule has 3 rings (SSSR count). The van der Waals surface area contributed by atoms with Crippen LogP contribution in [0.4, 0.5) is 0 Å². The predicted octanol–water partition coefficient (Wildman–Crippen LogP) is 7.28. The molecule has 0 spiro atoms. The molecule has 130 valence electrons. The number of ketones is 1. The lowest BCUT2D eigenvalue weighted by molar-refractivity contribution is 0.0993. The van der Waals surface area contributed by atoms with Crippen LogP contribution in [-0.4, -0.2) is 5.78 Å². The molecule has 26 heavy (non-hydrogen) atoms. The molecule has 0 N–H and O–H groups in total. The highest BCUT2D eigenvalue weighted by molar-refractivity contribution is 8.02. The number of rotatable bonds is 6. The molecule has 0 amide bonds. The normalized spacial score (nSPS) is 11.4. The van der Waals surface area contributed by atoms with Crippen LogP contribution in [0.15, 0.2) is 94.7 Å². The van der Waals surface area contributed by atoms with Gasteiger partial charge in [0.1, 0.15) is 0 Å². The van der Waals surface area contributed by atoms with E-state index in [4.69, 9.17) is 11.6 Å². The van der Waals surface area contributed by atoms with Gasteiger partial charge in [-0.3, -0.25) is 4.79 Å². The SMILES string of the molecule is CC(=CSc1ccccc1)CC(=O)c1cc(Cl)ccc1-c1ccccc1. The molecular weight excluding hydrogens is 360 g/mol. The summed E-state index contributed by atoms with van der Waals surface area (Å²) in [6.45, 7) is 1.99. The highest BCUT2D eigenvalue weighted by atomic mass is 35.5. The fourth-order valence-corrected chi connectivity index (χ4v) is 3.58. The van der Waals surface area contributed by atoms with E-state index in [9.17, 15) is 4.79 Å². The third kappa shape index (κ3) is 4.87. The number of hydrogen-bond acceptors (Lipinski definition) is 2. The average molecular weight is 379 g/mol. The van der Waals surface area contributed by atoms with E-state index in [0.717, 1.165) is 21.6 Å². The zero-order valence-electron chi connectivity index (χ0n) is 14.5. The van der Waals surface area contributed by atoms with E-state index in [2.05, 4.69) is 12.1 Å². The van der Waals surface area contributed by atoms with Crippen LogP contribution in [0.3, 0.4) is 0 Å². The van der Waals surface area contributed by atoms with Gasteiger partial charge >= 0.3 is 0 Å². The fourth-order valence-electron chi connectivity index (χ4n) is 2.67. The third-order valence-corrected chi connectivity index (χ3v) is 5.25. The zero-order chi connectivity index (χ0) is 18.4. The fraction of sp³-hybridized carbons (Fsp3) is 0.0870. The van der Waals surface area contributed by atoms with Gasteiger partial charge in [-0.25, -0.2) is 0 Å². The molecule has 0 aliphatic carbocycles. The molecule has 3 aromatic rings. The lowest BCUT2D eigenvalue weighted by Crippen LogP contribution is -2.02. The van der Waals surface area contributed by atoms with E-state index in [-0.39, 0.29) is 5.78 Å². The van der Waals surface area contributed by atoms with Crippen molar-refractivity contribution in [1.82, 2.24) is 0 Å². The third-order valence-electron chi connectivity index (χ3n) is 3.95. The Morgan fingerprint density at radius 1 is 0.962 bits per heavy atom. The van der Waals surface area contributed by atoms with Crippen LogP contribution in [0.2, 0.25) is 5.02 Å². The van der Waals surface area contributed by atoms with Gasteiger partial charge in [-0.2, -0.15) is 0 Å². The van der Waals surface area contributed by atoms with Crippen LogP contribution < -0.4 is 0 Å². The lowest BCUT2D eigenvalue weighted by atomic mass is 9.95. The number of halogens is 1. The summed E-state index contributed by atoms with van der Waals surface area (Å²) in [4.78, 5) is 14.1. The summed E-state index contributed by atoms with van der Waals surface area (Å²) in [6, 6.07) is 25.6. The van der Waals surface area contributed by atoms with Crippen molar-refractivity contribution in [2.75, 3.05) is 0 Å². The highest BCUT2D eigenvalue weighted by Gasteiger charge is 2.14. The van der Waals surface area contributed by atoms with Crippen LogP contribution in [0, 0.1) is 0 Å². The maximum Gasteiger partial charge on any atom is 0.167 e. The van der Waals surface area contributed by atoms with Crippen LogP contribution in [0.5, 0.6) is 0 Å². The number of thioether (sulfide) groups is 1. The van der Waals surface area contributed by atoms with Gasteiger partial charge in [0, 0.05) is 21.9 Å². The second-order valence-electron chi connectivity index (χ2n) is 6.05. The van der Waals surface area contributed by atoms with Crippen molar-refractivity contribution in [3.05, 3.63) is 100 Å². The molecule has 0 aromatic heterocycles. The zero-order valence-corrected chi connectivity index (χ0v) is 16.1. The molecular formula is C23H19ClOS. The maximum atomic E-state index is 12.9. The largest absolute Gasteiger partial charge is 0.294 e. The topological polar surface area (TPSA) is 17.1 Å². The van der Waals surface area contributed by atoms with E-state index in [0.29, 0.717) is 17.0 Å². The summed E-state index contributed by atoms with van der Waals surface area (Å²) in [6.07, 6.45) is 0.375. The molecule has 3 heteroatoms. The van der Waals surface area contributed by atoms with Gasteiger partial charge in [-0.1, -0.05) is 83.5 Å². The molecule has 3 aromatic carbocycles. The van der Waals surface area contributed by atoms with Crippen molar-refractivity contribution in [1.29, 1.82) is 0 Å². The first-order valence-electron chi connectivity index (χ1n) is 8.39. The summed E-state index contributed by atoms with van der Waals surface area (Å²) in [5.74, 6) is 0.0776. The smallest absolute Gasteiger partial charge is 0.167 e. The lowest BCUT2D eigenvalue weighted by Gasteiger charge is -2.10. The van der Waals surface area contributed by atoms with E-state index >= 15 is 0 Å². The minimum atomic E-state index is 0.0776. The molecule has 0 saturated heterocycles. The Kier molecular flexibility index (Phi) is 6.32. The molecule has 0 unspecified atom stereocenters. The number of carbonyl (C=O) groups is 1. The van der Waals surface area contributed by atoms with Crippen molar-refractivity contribution in [3.8, 4) is 11.1 Å². The molecule has 1 nitrogen and oxygen atoms in total. The minimum Gasteiger partial charge on any atom is -0.294 e. The maximum absolute atomic E-state index is 12.9. The number of allylic oxidation sites excluding steroid dienone is 1. The predicted molar refractivity (Wildman–Crippen MR) is 112 cm³/mol. The summed E-state index contributed by atoms with van der Waals surface area (Å²) < 4.78 is 0. The second-order valence-corrected chi connectivity index (χ2v) is 7.43. The van der Waals surface area contributed by atoms with Crippen LogP contribution >= 0.6 is 23.4 Å². The highest BCUT2D eigenvalue weighted by Crippen LogP contribution is 2.29. The van der Waals surface area contributed by atoms with Crippen LogP contribution in [-0.2, 0) is 0 Å². The summed E-state index contributed by atoms with van der Waals surface area (Å²) >= 11 is 7.78. The Hall–Kier alpha value is -2.29. The van der Waals surface area contributed by atoms with Gasteiger partial charge in [0.15, 0.2) is 5.78 Å². The Bertz CT molecular complexity index is 917. The van der Waals surface area contributed by atoms with Crippen molar-refractivity contribution < 1.29 is 4.79 Å². The Morgan fingerprint density at radius 2 is 1.62 bits per heavy atom. The molecule has 0 radical (unpaired) electrons. The number of benzene rings is 3. The average Bonchev–Trinajstić information content (AvgIpc) is 2.68. The summed E-state index contributed by atoms with van der Waals surface area (Å²) in [7, 11) is 0.